The van der Waals surface area contributed by atoms with Crippen molar-refractivity contribution in [2.45, 2.75) is 162 Å². The van der Waals surface area contributed by atoms with Crippen LogP contribution in [0.15, 0.2) is 58.7 Å². The number of amides is 2. The molecule has 0 saturated heterocycles. The van der Waals surface area contributed by atoms with Crippen LogP contribution in [-0.2, 0) is 30.7 Å². The van der Waals surface area contributed by atoms with E-state index in [0.29, 0.717) is 53.7 Å². The Hall–Kier alpha value is -5.07. The molecule has 4 heterocycles. The molecule has 330 valence electrons. The number of fused-ring (bicyclic) bond motifs is 6. The number of hydrogen-bond acceptors (Lipinski definition) is 9. The first-order chi connectivity index (χ1) is 28.7. The van der Waals surface area contributed by atoms with Gasteiger partial charge in [0, 0.05) is 35.1 Å². The van der Waals surface area contributed by atoms with Gasteiger partial charge in [0.1, 0.15) is 40.2 Å². The largest absolute Gasteiger partial charge is 0.508 e. The molecular weight excluding hydrogens is 777 g/mol. The summed E-state index contributed by atoms with van der Waals surface area (Å²) in [5, 5.41) is 55.3. The molecule has 4 aliphatic heterocycles. The van der Waals surface area contributed by atoms with Gasteiger partial charge in [-0.2, -0.15) is 0 Å². The Morgan fingerprint density at radius 2 is 1.15 bits per heavy atom. The van der Waals surface area contributed by atoms with Crippen LogP contribution in [-0.4, -0.2) is 89.1 Å². The van der Waals surface area contributed by atoms with Crippen LogP contribution in [0.25, 0.3) is 0 Å². The highest BCUT2D eigenvalue weighted by atomic mass is 16.5. The van der Waals surface area contributed by atoms with Gasteiger partial charge in [-0.15, -0.1) is 0 Å². The van der Waals surface area contributed by atoms with E-state index in [0.717, 1.165) is 25.7 Å². The van der Waals surface area contributed by atoms with E-state index in [-0.39, 0.29) is 60.9 Å². The molecule has 61 heavy (non-hydrogen) atoms. The third kappa shape index (κ3) is 9.55. The van der Waals surface area contributed by atoms with E-state index in [1.807, 2.05) is 13.8 Å². The molecular formula is C49H64N2O10. The molecule has 12 nitrogen and oxygen atoms in total. The Balaban J connectivity index is 1.18. The molecule has 5 atom stereocenters. The molecule has 12 heteroatoms. The molecule has 2 aromatic carbocycles. The van der Waals surface area contributed by atoms with Crippen molar-refractivity contribution in [3.05, 3.63) is 92.1 Å². The van der Waals surface area contributed by atoms with E-state index in [1.165, 1.54) is 44.2 Å². The van der Waals surface area contributed by atoms with Gasteiger partial charge >= 0.3 is 5.97 Å². The highest BCUT2D eigenvalue weighted by molar-refractivity contribution is 6.03. The maximum atomic E-state index is 14.0. The van der Waals surface area contributed by atoms with Crippen molar-refractivity contribution in [1.29, 1.82) is 0 Å². The number of rotatable bonds is 16. The minimum absolute atomic E-state index is 0.0243. The summed E-state index contributed by atoms with van der Waals surface area (Å²) in [6.45, 7) is 15.6. The van der Waals surface area contributed by atoms with Crippen LogP contribution in [0, 0.1) is 0 Å². The second kappa shape index (κ2) is 18.1. The van der Waals surface area contributed by atoms with E-state index in [9.17, 15) is 39.9 Å². The molecule has 2 amide bonds. The maximum Gasteiger partial charge on any atom is 0.328 e. The highest BCUT2D eigenvalue weighted by Crippen LogP contribution is 2.48. The zero-order valence-electron chi connectivity index (χ0n) is 37.1. The fourth-order valence-electron chi connectivity index (χ4n) is 9.00. The molecule has 5 N–H and O–H groups in total. The highest BCUT2D eigenvalue weighted by Gasteiger charge is 2.48. The Bertz CT molecular complexity index is 2190. The normalized spacial score (nSPS) is 23.7. The van der Waals surface area contributed by atoms with Crippen molar-refractivity contribution in [1.82, 2.24) is 9.80 Å². The second-order valence-electron chi connectivity index (χ2n) is 18.5. The number of ether oxygens (including phenoxy) is 2. The van der Waals surface area contributed by atoms with Crippen LogP contribution in [0.2, 0.25) is 0 Å². The molecule has 0 spiro atoms. The summed E-state index contributed by atoms with van der Waals surface area (Å²) in [6.07, 6.45) is 13.0. The molecule has 2 aromatic rings. The lowest BCUT2D eigenvalue weighted by atomic mass is 9.84. The Kier molecular flexibility index (Phi) is 13.5. The number of benzene rings is 2. The predicted molar refractivity (Wildman–Crippen MR) is 233 cm³/mol. The number of hydrogen-bond donors (Lipinski definition) is 5. The van der Waals surface area contributed by atoms with Crippen LogP contribution >= 0.6 is 0 Å². The Morgan fingerprint density at radius 1 is 0.705 bits per heavy atom. The van der Waals surface area contributed by atoms with Gasteiger partial charge in [0.05, 0.1) is 43.0 Å². The van der Waals surface area contributed by atoms with Gasteiger partial charge in [-0.25, -0.2) is 4.79 Å². The minimum atomic E-state index is -1.47. The number of allylic oxidation sites excluding steroid dienone is 8. The predicted octanol–water partition coefficient (Wildman–Crippen LogP) is 8.22. The van der Waals surface area contributed by atoms with Crippen molar-refractivity contribution >= 4 is 17.8 Å². The summed E-state index contributed by atoms with van der Waals surface area (Å²) < 4.78 is 13.1. The quantitative estimate of drug-likeness (QED) is 0.104. The average molecular weight is 841 g/mol. The van der Waals surface area contributed by atoms with Gasteiger partial charge in [-0.05, 0) is 119 Å². The van der Waals surface area contributed by atoms with Gasteiger partial charge in [0.15, 0.2) is 0 Å². The SMILES string of the molecule is CC(C)=CCC/C(C)=C/CCC1(C)Oc2c(c(O)cc3c2CN(CC(C(=O)O)N2Cc4c(cc(O)c5c4OC(C)(CC/C=C(\C)CCC=C(C)C)C(O)C5)C2=O)C3=O)CC1O. The number of carbonyl (C=O) groups is 3. The van der Waals surface area contributed by atoms with Gasteiger partial charge in [-0.1, -0.05) is 46.6 Å². The van der Waals surface area contributed by atoms with E-state index >= 15 is 0 Å². The lowest BCUT2D eigenvalue weighted by Gasteiger charge is -2.41. The third-order valence-corrected chi connectivity index (χ3v) is 13.0. The standard InChI is InChI=1S/C49H64N2O10/c1-28(2)13-9-15-30(5)17-11-19-48(7)41(54)23-34-39(52)21-32-36(43(34)60-48)25-50(45(32)56)27-38(47(58)59)51-26-37-33(46(51)57)22-40(53)35-24-42(55)49(8,61-44(35)37)20-12-18-31(6)16-10-14-29(3)4/h13-14,17-18,21-22,38,41-42,52-55H,9-12,15-16,19-20,23-27H2,1-8H3,(H,58,59)/b30-17+,31-18+. The van der Waals surface area contributed by atoms with Crippen LogP contribution in [0.1, 0.15) is 150 Å². The van der Waals surface area contributed by atoms with E-state index < -0.39 is 47.2 Å². The number of aliphatic carboxylic acids is 1. The number of phenolic OH excluding ortho intramolecular Hbond substituents is 2. The van der Waals surface area contributed by atoms with Crippen molar-refractivity contribution in [3.8, 4) is 23.0 Å². The van der Waals surface area contributed by atoms with Crippen LogP contribution in [0.5, 0.6) is 23.0 Å². The number of nitrogens with zero attached hydrogens (tertiary/aromatic N) is 2. The number of aromatic hydroxyl groups is 2. The summed E-state index contributed by atoms with van der Waals surface area (Å²) in [7, 11) is 0. The smallest absolute Gasteiger partial charge is 0.328 e. The average Bonchev–Trinajstić information content (AvgIpc) is 3.66. The van der Waals surface area contributed by atoms with Crippen molar-refractivity contribution in [3.63, 3.8) is 0 Å². The number of carboxylic acids is 1. The summed E-state index contributed by atoms with van der Waals surface area (Å²) in [4.78, 5) is 43.6. The number of aliphatic hydroxyl groups excluding tert-OH is 2. The van der Waals surface area contributed by atoms with E-state index in [2.05, 4.69) is 65.8 Å². The summed E-state index contributed by atoms with van der Waals surface area (Å²) in [5.41, 5.74) is 4.90. The first kappa shape index (κ1) is 45.5. The summed E-state index contributed by atoms with van der Waals surface area (Å²) in [6, 6.07) is 1.18. The zero-order valence-corrected chi connectivity index (χ0v) is 37.1. The Morgan fingerprint density at radius 3 is 1.59 bits per heavy atom. The molecule has 0 radical (unpaired) electrons. The lowest BCUT2D eigenvalue weighted by Crippen LogP contribution is -2.49. The lowest BCUT2D eigenvalue weighted by molar-refractivity contribution is -0.142. The third-order valence-electron chi connectivity index (χ3n) is 13.0. The molecule has 0 fully saturated rings. The molecule has 0 aromatic heterocycles. The first-order valence-electron chi connectivity index (χ1n) is 21.6. The molecule has 0 saturated carbocycles. The van der Waals surface area contributed by atoms with Gasteiger partial charge in [0.25, 0.3) is 11.8 Å². The number of carbonyl (C=O) groups excluding carboxylic acids is 2. The van der Waals surface area contributed by atoms with Crippen LogP contribution in [0.3, 0.4) is 0 Å². The minimum Gasteiger partial charge on any atom is -0.508 e. The van der Waals surface area contributed by atoms with E-state index in [4.69, 9.17) is 9.47 Å². The second-order valence-corrected chi connectivity index (χ2v) is 18.5. The van der Waals surface area contributed by atoms with Crippen molar-refractivity contribution < 1.29 is 49.4 Å². The fraction of sp³-hybridized carbons (Fsp3) is 0.531. The maximum absolute atomic E-state index is 14.0. The molecule has 4 aliphatic rings. The summed E-state index contributed by atoms with van der Waals surface area (Å²) >= 11 is 0. The topological polar surface area (TPSA) is 177 Å². The fourth-order valence-corrected chi connectivity index (χ4v) is 9.00. The van der Waals surface area contributed by atoms with Crippen molar-refractivity contribution in [2.75, 3.05) is 6.54 Å². The monoisotopic (exact) mass is 840 g/mol. The number of carboxylic acid groups (broad SMARTS) is 1. The van der Waals surface area contributed by atoms with Gasteiger partial charge < -0.3 is 44.8 Å². The molecule has 0 bridgehead atoms. The first-order valence-corrected chi connectivity index (χ1v) is 21.6. The number of aliphatic hydroxyl groups is 2. The summed E-state index contributed by atoms with van der Waals surface area (Å²) in [5.74, 6) is -2.28. The van der Waals surface area contributed by atoms with Gasteiger partial charge in [-0.3, -0.25) is 9.59 Å². The zero-order chi connectivity index (χ0) is 44.6. The van der Waals surface area contributed by atoms with Gasteiger partial charge in [0.2, 0.25) is 0 Å². The Labute approximate surface area is 359 Å². The van der Waals surface area contributed by atoms with Crippen molar-refractivity contribution in [2.24, 2.45) is 0 Å². The number of phenols is 2. The molecule has 0 aliphatic carbocycles. The molecule has 5 unspecified atom stereocenters. The molecule has 6 rings (SSSR count). The van der Waals surface area contributed by atoms with Crippen LogP contribution in [0.4, 0.5) is 0 Å². The van der Waals surface area contributed by atoms with Crippen LogP contribution < -0.4 is 9.47 Å². The van der Waals surface area contributed by atoms with E-state index in [1.54, 1.807) is 0 Å².